The van der Waals surface area contributed by atoms with Crippen molar-refractivity contribution in [3.05, 3.63) is 0 Å². The van der Waals surface area contributed by atoms with Crippen LogP contribution in [0.25, 0.3) is 0 Å². The average molecular weight is 353 g/mol. The van der Waals surface area contributed by atoms with Crippen molar-refractivity contribution in [1.82, 2.24) is 0 Å². The zero-order chi connectivity index (χ0) is 11.4. The van der Waals surface area contributed by atoms with Crippen LogP contribution in [0.5, 0.6) is 0 Å². The van der Waals surface area contributed by atoms with Crippen LogP contribution >= 0.6 is 0 Å². The van der Waals surface area contributed by atoms with E-state index in [1.807, 2.05) is 0 Å². The number of nitrogens with zero attached hydrogens (tertiary/aromatic N) is 1. The molecule has 2 nitrogen and oxygen atoms in total. The van der Waals surface area contributed by atoms with Crippen molar-refractivity contribution < 1.29 is 33.6 Å². The van der Waals surface area contributed by atoms with E-state index in [2.05, 4.69) is 7.05 Å². The highest BCUT2D eigenvalue weighted by molar-refractivity contribution is 4.74. The monoisotopic (exact) mass is 353 g/mol. The maximum Gasteiger partial charge on any atom is 0.0809 e. The van der Waals surface area contributed by atoms with Crippen LogP contribution in [-0.2, 0) is 0 Å². The van der Waals surface area contributed by atoms with Crippen LogP contribution in [0.4, 0.5) is 0 Å². The van der Waals surface area contributed by atoms with Crippen LogP contribution in [0.3, 0.4) is 0 Å². The molecule has 0 spiro atoms. The molecule has 1 atom stereocenters. The largest absolute Gasteiger partial charge is 1.00 e. The van der Waals surface area contributed by atoms with Gasteiger partial charge in [-0.2, -0.15) is 0 Å². The van der Waals surface area contributed by atoms with Gasteiger partial charge < -0.3 is 33.6 Å². The highest BCUT2D eigenvalue weighted by Gasteiger charge is 2.28. The minimum absolute atomic E-state index is 0. The normalized spacial score (nSPS) is 26.5. The predicted molar refractivity (Wildman–Crippen MR) is 67.2 cm³/mol. The van der Waals surface area contributed by atoms with Gasteiger partial charge in [-0.25, -0.2) is 0 Å². The molecule has 2 aliphatic rings. The molecule has 0 aromatic rings. The minimum Gasteiger partial charge on any atom is -1.00 e. The van der Waals surface area contributed by atoms with Crippen molar-refractivity contribution in [3.8, 4) is 0 Å². The first-order chi connectivity index (χ1) is 7.70. The van der Waals surface area contributed by atoms with Gasteiger partial charge in [-0.3, -0.25) is 0 Å². The molecule has 1 N–H and O–H groups in total. The third-order valence-electron chi connectivity index (χ3n) is 4.80. The summed E-state index contributed by atoms with van der Waals surface area (Å²) in [6.45, 7) is 3.85. The summed E-state index contributed by atoms with van der Waals surface area (Å²) < 4.78 is 1.21. The first kappa shape index (κ1) is 15.7. The Hall–Kier alpha value is 0.650. The molecule has 1 aliphatic heterocycles. The van der Waals surface area contributed by atoms with Crippen LogP contribution < -0.4 is 24.0 Å². The van der Waals surface area contributed by atoms with E-state index in [0.717, 1.165) is 6.42 Å². The molecule has 1 saturated heterocycles. The molecule has 0 bridgehead atoms. The maximum atomic E-state index is 10.2. The number of aliphatic hydroxyl groups excluding tert-OH is 1. The van der Waals surface area contributed by atoms with Crippen molar-refractivity contribution in [3.63, 3.8) is 0 Å². The molecule has 1 saturated carbocycles. The van der Waals surface area contributed by atoms with Gasteiger partial charge in [-0.1, -0.05) is 12.8 Å². The zero-order valence-electron chi connectivity index (χ0n) is 11.2. The standard InChI is InChI=1S/C14H28NO.HI/c1-15(10-5-2-6-11-15)12-9-14(16)13-7-3-4-8-13;/h13-14,16H,2-12H2,1H3;1H/q+1;/p-1. The lowest BCUT2D eigenvalue weighted by Crippen LogP contribution is -3.00. The van der Waals surface area contributed by atoms with E-state index >= 15 is 0 Å². The SMILES string of the molecule is C[N+]1(CCC(O)C2CCCC2)CCCCC1.[I-]. The van der Waals surface area contributed by atoms with E-state index in [4.69, 9.17) is 0 Å². The summed E-state index contributed by atoms with van der Waals surface area (Å²) in [4.78, 5) is 0. The molecule has 1 heterocycles. The number of quaternary nitrogens is 1. The second-order valence-electron chi connectivity index (χ2n) is 6.25. The van der Waals surface area contributed by atoms with Gasteiger partial charge in [0, 0.05) is 6.42 Å². The molecular weight excluding hydrogens is 325 g/mol. The van der Waals surface area contributed by atoms with Crippen LogP contribution in [0, 0.1) is 5.92 Å². The number of halogens is 1. The fourth-order valence-electron chi connectivity index (χ4n) is 3.52. The van der Waals surface area contributed by atoms with Gasteiger partial charge in [-0.05, 0) is 38.0 Å². The highest BCUT2D eigenvalue weighted by Crippen LogP contribution is 2.29. The Morgan fingerprint density at radius 1 is 1.06 bits per heavy atom. The Labute approximate surface area is 123 Å². The van der Waals surface area contributed by atoms with Crippen molar-refractivity contribution in [2.75, 3.05) is 26.7 Å². The summed E-state index contributed by atoms with van der Waals surface area (Å²) >= 11 is 0. The molecule has 1 unspecified atom stereocenters. The molecule has 0 radical (unpaired) electrons. The van der Waals surface area contributed by atoms with Gasteiger partial charge in [0.15, 0.2) is 0 Å². The second kappa shape index (κ2) is 7.29. The molecule has 0 aromatic heterocycles. The van der Waals surface area contributed by atoms with E-state index < -0.39 is 0 Å². The van der Waals surface area contributed by atoms with Crippen LogP contribution in [-0.4, -0.2) is 42.4 Å². The number of hydrogen-bond donors (Lipinski definition) is 1. The lowest BCUT2D eigenvalue weighted by Gasteiger charge is -2.38. The Kier molecular flexibility index (Phi) is 6.74. The molecule has 0 amide bonds. The molecule has 0 aromatic carbocycles. The summed E-state index contributed by atoms with van der Waals surface area (Å²) in [7, 11) is 2.38. The number of piperidine rings is 1. The molecule has 1 aliphatic carbocycles. The third-order valence-corrected chi connectivity index (χ3v) is 4.80. The first-order valence-electron chi connectivity index (χ1n) is 7.21. The van der Waals surface area contributed by atoms with Gasteiger partial charge in [0.1, 0.15) is 0 Å². The first-order valence-corrected chi connectivity index (χ1v) is 7.21. The fraction of sp³-hybridized carbons (Fsp3) is 1.00. The minimum atomic E-state index is -0.0145. The number of aliphatic hydroxyl groups is 1. The average Bonchev–Trinajstić information content (AvgIpc) is 2.80. The quantitative estimate of drug-likeness (QED) is 0.537. The Morgan fingerprint density at radius 2 is 1.65 bits per heavy atom. The number of hydrogen-bond acceptors (Lipinski definition) is 1. The van der Waals surface area contributed by atoms with E-state index in [-0.39, 0.29) is 30.1 Å². The fourth-order valence-corrected chi connectivity index (χ4v) is 3.52. The number of likely N-dealkylation sites (tertiary alicyclic amines) is 1. The molecule has 102 valence electrons. The van der Waals surface area contributed by atoms with Crippen molar-refractivity contribution >= 4 is 0 Å². The Bertz CT molecular complexity index is 210. The number of rotatable bonds is 4. The van der Waals surface area contributed by atoms with Gasteiger partial charge in [0.25, 0.3) is 0 Å². The van der Waals surface area contributed by atoms with E-state index in [9.17, 15) is 5.11 Å². The van der Waals surface area contributed by atoms with Gasteiger partial charge in [0.2, 0.25) is 0 Å². The Morgan fingerprint density at radius 3 is 2.24 bits per heavy atom. The van der Waals surface area contributed by atoms with Crippen LogP contribution in [0.1, 0.15) is 51.4 Å². The van der Waals surface area contributed by atoms with Crippen molar-refractivity contribution in [2.24, 2.45) is 5.92 Å². The molecule has 17 heavy (non-hydrogen) atoms. The van der Waals surface area contributed by atoms with E-state index in [0.29, 0.717) is 5.92 Å². The van der Waals surface area contributed by atoms with Gasteiger partial charge in [-0.15, -0.1) is 0 Å². The van der Waals surface area contributed by atoms with Crippen molar-refractivity contribution in [2.45, 2.75) is 57.5 Å². The predicted octanol–water partition coefficient (Wildman–Crippen LogP) is -0.438. The molecule has 3 heteroatoms. The van der Waals surface area contributed by atoms with Crippen molar-refractivity contribution in [1.29, 1.82) is 0 Å². The van der Waals surface area contributed by atoms with E-state index in [1.165, 1.54) is 69.1 Å². The topological polar surface area (TPSA) is 20.2 Å². The zero-order valence-corrected chi connectivity index (χ0v) is 13.4. The Balaban J connectivity index is 0.00000144. The molecular formula is C14H28INO. The summed E-state index contributed by atoms with van der Waals surface area (Å²) in [5.74, 6) is 0.622. The lowest BCUT2D eigenvalue weighted by molar-refractivity contribution is -0.914. The summed E-state index contributed by atoms with van der Waals surface area (Å²) in [6.07, 6.45) is 10.4. The van der Waals surface area contributed by atoms with Gasteiger partial charge in [0.05, 0.1) is 32.8 Å². The smallest absolute Gasteiger partial charge is 0.0809 e. The summed E-state index contributed by atoms with van der Waals surface area (Å²) in [5.41, 5.74) is 0. The second-order valence-corrected chi connectivity index (χ2v) is 6.25. The van der Waals surface area contributed by atoms with E-state index in [1.54, 1.807) is 0 Å². The maximum absolute atomic E-state index is 10.2. The summed E-state index contributed by atoms with van der Waals surface area (Å²) in [6, 6.07) is 0. The lowest BCUT2D eigenvalue weighted by atomic mass is 9.97. The van der Waals surface area contributed by atoms with Crippen LogP contribution in [0.2, 0.25) is 0 Å². The molecule has 2 fully saturated rings. The van der Waals surface area contributed by atoms with Crippen LogP contribution in [0.15, 0.2) is 0 Å². The van der Waals surface area contributed by atoms with Gasteiger partial charge >= 0.3 is 0 Å². The third kappa shape index (κ3) is 4.67. The molecule has 2 rings (SSSR count). The summed E-state index contributed by atoms with van der Waals surface area (Å²) in [5, 5.41) is 10.2. The highest BCUT2D eigenvalue weighted by atomic mass is 127.